The van der Waals surface area contributed by atoms with Gasteiger partial charge in [0.25, 0.3) is 0 Å². The maximum absolute atomic E-state index is 10.4. The van der Waals surface area contributed by atoms with E-state index in [1.807, 2.05) is 38.1 Å². The van der Waals surface area contributed by atoms with Gasteiger partial charge in [0.15, 0.2) is 5.11 Å². The second-order valence-electron chi connectivity index (χ2n) is 4.05. The second-order valence-corrected chi connectivity index (χ2v) is 4.46. The van der Waals surface area contributed by atoms with E-state index in [1.165, 1.54) is 6.08 Å². The molecule has 3 N–H and O–H groups in total. The minimum atomic E-state index is -0.967. The molecule has 4 nitrogen and oxygen atoms in total. The summed E-state index contributed by atoms with van der Waals surface area (Å²) in [5.41, 5.74) is 1.62. The Hall–Kier alpha value is -1.88. The molecule has 0 heterocycles. The fourth-order valence-electron chi connectivity index (χ4n) is 1.32. The van der Waals surface area contributed by atoms with Crippen LogP contribution < -0.4 is 10.6 Å². The van der Waals surface area contributed by atoms with Crippen LogP contribution in [0, 0.1) is 0 Å². The number of nitrogens with one attached hydrogen (secondary N) is 2. The van der Waals surface area contributed by atoms with Gasteiger partial charge in [-0.05, 0) is 49.8 Å². The van der Waals surface area contributed by atoms with Crippen LogP contribution in [0.25, 0.3) is 6.08 Å². The molecule has 0 radical (unpaired) electrons. The van der Waals surface area contributed by atoms with Gasteiger partial charge in [-0.2, -0.15) is 0 Å². The summed E-state index contributed by atoms with van der Waals surface area (Å²) in [7, 11) is 0. The van der Waals surface area contributed by atoms with Crippen LogP contribution in [0.1, 0.15) is 19.4 Å². The van der Waals surface area contributed by atoms with E-state index in [1.54, 1.807) is 0 Å². The average Bonchev–Trinajstić information content (AvgIpc) is 2.25. The normalized spacial score (nSPS) is 10.6. The molecule has 0 amide bonds. The third kappa shape index (κ3) is 5.45. The van der Waals surface area contributed by atoms with E-state index < -0.39 is 5.97 Å². The van der Waals surface area contributed by atoms with Crippen LogP contribution in [0.15, 0.2) is 30.3 Å². The molecule has 96 valence electrons. The summed E-state index contributed by atoms with van der Waals surface area (Å²) in [6, 6.07) is 7.62. The van der Waals surface area contributed by atoms with Crippen molar-refractivity contribution in [3.8, 4) is 0 Å². The molecule has 1 aromatic carbocycles. The van der Waals surface area contributed by atoms with Crippen molar-refractivity contribution in [3.05, 3.63) is 35.9 Å². The molecule has 0 spiro atoms. The van der Waals surface area contributed by atoms with Gasteiger partial charge in [-0.25, -0.2) is 4.79 Å². The van der Waals surface area contributed by atoms with Gasteiger partial charge >= 0.3 is 5.97 Å². The fraction of sp³-hybridized carbons (Fsp3) is 0.231. The number of hydrogen-bond acceptors (Lipinski definition) is 2. The number of rotatable bonds is 4. The number of carbonyl (C=O) groups is 1. The first-order valence-electron chi connectivity index (χ1n) is 5.56. The number of aliphatic carboxylic acids is 1. The first kappa shape index (κ1) is 14.2. The largest absolute Gasteiger partial charge is 0.478 e. The Bertz CT molecular complexity index is 470. The topological polar surface area (TPSA) is 61.4 Å². The second kappa shape index (κ2) is 6.76. The van der Waals surface area contributed by atoms with Crippen LogP contribution in [0.3, 0.4) is 0 Å². The highest BCUT2D eigenvalue weighted by molar-refractivity contribution is 7.80. The SMILES string of the molecule is CC(C)NC(=S)Nc1cccc(/C=C/C(=O)O)c1. The van der Waals surface area contributed by atoms with E-state index in [0.717, 1.165) is 17.3 Å². The van der Waals surface area contributed by atoms with E-state index >= 15 is 0 Å². The van der Waals surface area contributed by atoms with E-state index in [2.05, 4.69) is 10.6 Å². The van der Waals surface area contributed by atoms with Crippen LogP contribution in [0.5, 0.6) is 0 Å². The summed E-state index contributed by atoms with van der Waals surface area (Å²) in [6.45, 7) is 4.00. The smallest absolute Gasteiger partial charge is 0.328 e. The van der Waals surface area contributed by atoms with Gasteiger partial charge in [0.1, 0.15) is 0 Å². The minimum Gasteiger partial charge on any atom is -0.478 e. The highest BCUT2D eigenvalue weighted by atomic mass is 32.1. The lowest BCUT2D eigenvalue weighted by atomic mass is 10.2. The zero-order chi connectivity index (χ0) is 13.5. The molecule has 0 unspecified atom stereocenters. The highest BCUT2D eigenvalue weighted by Crippen LogP contribution is 2.12. The zero-order valence-electron chi connectivity index (χ0n) is 10.3. The molecule has 18 heavy (non-hydrogen) atoms. The Labute approximate surface area is 112 Å². The van der Waals surface area contributed by atoms with Crippen molar-refractivity contribution >= 4 is 35.1 Å². The molecular weight excluding hydrogens is 248 g/mol. The van der Waals surface area contributed by atoms with Gasteiger partial charge in [0.05, 0.1) is 0 Å². The molecule has 0 saturated heterocycles. The first-order chi connectivity index (χ1) is 8.47. The van der Waals surface area contributed by atoms with Crippen LogP contribution in [-0.4, -0.2) is 22.2 Å². The lowest BCUT2D eigenvalue weighted by molar-refractivity contribution is -0.131. The Balaban J connectivity index is 2.70. The van der Waals surface area contributed by atoms with Crippen LogP contribution in [0.4, 0.5) is 5.69 Å². The van der Waals surface area contributed by atoms with Gasteiger partial charge in [-0.1, -0.05) is 12.1 Å². The van der Waals surface area contributed by atoms with Gasteiger partial charge in [0.2, 0.25) is 0 Å². The van der Waals surface area contributed by atoms with Crippen molar-refractivity contribution in [2.24, 2.45) is 0 Å². The van der Waals surface area contributed by atoms with Crippen molar-refractivity contribution < 1.29 is 9.90 Å². The summed E-state index contributed by atoms with van der Waals surface area (Å²) in [4.78, 5) is 10.4. The monoisotopic (exact) mass is 264 g/mol. The quantitative estimate of drug-likeness (QED) is 0.576. The summed E-state index contributed by atoms with van der Waals surface area (Å²) >= 11 is 5.13. The first-order valence-corrected chi connectivity index (χ1v) is 5.97. The fourth-order valence-corrected chi connectivity index (χ4v) is 1.67. The average molecular weight is 264 g/mol. The molecule has 0 atom stereocenters. The Morgan fingerprint density at radius 3 is 2.78 bits per heavy atom. The highest BCUT2D eigenvalue weighted by Gasteiger charge is 1.99. The van der Waals surface area contributed by atoms with E-state index in [0.29, 0.717) is 5.11 Å². The molecule has 0 aliphatic carbocycles. The predicted molar refractivity (Wildman–Crippen MR) is 77.6 cm³/mol. The molecule has 0 fully saturated rings. The molecule has 0 aromatic heterocycles. The van der Waals surface area contributed by atoms with Gasteiger partial charge < -0.3 is 15.7 Å². The summed E-state index contributed by atoms with van der Waals surface area (Å²) in [5.74, 6) is -0.967. The van der Waals surface area contributed by atoms with Gasteiger partial charge in [-0.15, -0.1) is 0 Å². The molecule has 0 aliphatic rings. The molecule has 5 heteroatoms. The summed E-state index contributed by atoms with van der Waals surface area (Å²) in [6.07, 6.45) is 2.64. The van der Waals surface area contributed by atoms with E-state index in [9.17, 15) is 4.79 Å². The Morgan fingerprint density at radius 2 is 2.17 bits per heavy atom. The minimum absolute atomic E-state index is 0.264. The van der Waals surface area contributed by atoms with Crippen molar-refractivity contribution in [2.45, 2.75) is 19.9 Å². The van der Waals surface area contributed by atoms with E-state index in [-0.39, 0.29) is 6.04 Å². The molecule has 0 saturated carbocycles. The Morgan fingerprint density at radius 1 is 1.44 bits per heavy atom. The Kier molecular flexibility index (Phi) is 5.32. The van der Waals surface area contributed by atoms with Crippen LogP contribution in [0.2, 0.25) is 0 Å². The third-order valence-electron chi connectivity index (χ3n) is 1.98. The van der Waals surface area contributed by atoms with Crippen LogP contribution in [-0.2, 0) is 4.79 Å². The molecular formula is C13H16N2O2S. The van der Waals surface area contributed by atoms with Crippen molar-refractivity contribution in [2.75, 3.05) is 5.32 Å². The maximum atomic E-state index is 10.4. The number of hydrogen-bond donors (Lipinski definition) is 3. The van der Waals surface area contributed by atoms with Crippen molar-refractivity contribution in [3.63, 3.8) is 0 Å². The third-order valence-corrected chi connectivity index (χ3v) is 2.20. The van der Waals surface area contributed by atoms with E-state index in [4.69, 9.17) is 17.3 Å². The standard InChI is InChI=1S/C13H16N2O2S/c1-9(2)14-13(18)15-11-5-3-4-10(8-11)6-7-12(16)17/h3-9H,1-2H3,(H,16,17)(H2,14,15,18)/b7-6+. The predicted octanol–water partition coefficient (Wildman–Crippen LogP) is 2.48. The summed E-state index contributed by atoms with van der Waals surface area (Å²) < 4.78 is 0. The number of carboxylic acids is 1. The maximum Gasteiger partial charge on any atom is 0.328 e. The molecule has 0 aliphatic heterocycles. The zero-order valence-corrected chi connectivity index (χ0v) is 11.1. The van der Waals surface area contributed by atoms with Gasteiger partial charge in [-0.3, -0.25) is 0 Å². The number of thiocarbonyl (C=S) groups is 1. The molecule has 0 bridgehead atoms. The molecule has 1 rings (SSSR count). The van der Waals surface area contributed by atoms with Gasteiger partial charge in [0, 0.05) is 17.8 Å². The van der Waals surface area contributed by atoms with Crippen LogP contribution >= 0.6 is 12.2 Å². The number of benzene rings is 1. The number of carboxylic acid groups (broad SMARTS) is 1. The van der Waals surface area contributed by atoms with Crippen molar-refractivity contribution in [1.82, 2.24) is 5.32 Å². The lowest BCUT2D eigenvalue weighted by Crippen LogP contribution is -2.33. The van der Waals surface area contributed by atoms with Crippen molar-refractivity contribution in [1.29, 1.82) is 0 Å². The summed E-state index contributed by atoms with van der Waals surface area (Å²) in [5, 5.41) is 15.2. The molecule has 1 aromatic rings. The lowest BCUT2D eigenvalue weighted by Gasteiger charge is -2.13. The number of anilines is 1.